The molecular formula is C16H25N3. The molecule has 2 saturated heterocycles. The molecule has 2 unspecified atom stereocenters. The van der Waals surface area contributed by atoms with Crippen LogP contribution in [0.1, 0.15) is 37.3 Å². The number of hydrogen-bond acceptors (Lipinski definition) is 3. The van der Waals surface area contributed by atoms with E-state index in [9.17, 15) is 0 Å². The van der Waals surface area contributed by atoms with E-state index in [2.05, 4.69) is 34.7 Å². The van der Waals surface area contributed by atoms with E-state index in [-0.39, 0.29) is 0 Å². The van der Waals surface area contributed by atoms with Gasteiger partial charge in [-0.2, -0.15) is 0 Å². The predicted molar refractivity (Wildman–Crippen MR) is 78.1 cm³/mol. The van der Waals surface area contributed by atoms with Gasteiger partial charge in [-0.25, -0.2) is 0 Å². The van der Waals surface area contributed by atoms with E-state index in [1.807, 2.05) is 12.4 Å². The second-order valence-corrected chi connectivity index (χ2v) is 6.23. The number of hydrogen-bond donors (Lipinski definition) is 0. The highest BCUT2D eigenvalue weighted by atomic mass is 15.3. The van der Waals surface area contributed by atoms with E-state index < -0.39 is 0 Å². The van der Waals surface area contributed by atoms with Crippen molar-refractivity contribution in [2.45, 2.75) is 51.7 Å². The van der Waals surface area contributed by atoms with Crippen molar-refractivity contribution in [3.05, 3.63) is 29.6 Å². The molecule has 19 heavy (non-hydrogen) atoms. The standard InChI is InChI=1S/C16H25N3/c1-13-6-7-17-9-15(13)11-19-12-16-5-3-4-8-18(16)10-14(19)2/h6-7,9,14,16H,3-5,8,10-12H2,1-2H3. The minimum Gasteiger partial charge on any atom is -0.298 e. The molecule has 1 aromatic heterocycles. The Morgan fingerprint density at radius 2 is 2.21 bits per heavy atom. The average Bonchev–Trinajstić information content (AvgIpc) is 2.42. The fourth-order valence-corrected chi connectivity index (χ4v) is 3.51. The first-order valence-corrected chi connectivity index (χ1v) is 7.61. The van der Waals surface area contributed by atoms with Crippen molar-refractivity contribution in [2.24, 2.45) is 0 Å². The summed E-state index contributed by atoms with van der Waals surface area (Å²) in [6.07, 6.45) is 8.12. The number of aromatic nitrogens is 1. The van der Waals surface area contributed by atoms with Gasteiger partial charge in [-0.15, -0.1) is 0 Å². The average molecular weight is 259 g/mol. The molecule has 2 fully saturated rings. The molecule has 0 N–H and O–H groups in total. The van der Waals surface area contributed by atoms with Gasteiger partial charge in [0.15, 0.2) is 0 Å². The third-order valence-corrected chi connectivity index (χ3v) is 4.84. The molecule has 3 heterocycles. The Morgan fingerprint density at radius 3 is 3.05 bits per heavy atom. The van der Waals surface area contributed by atoms with Gasteiger partial charge in [0.2, 0.25) is 0 Å². The maximum atomic E-state index is 4.28. The fraction of sp³-hybridized carbons (Fsp3) is 0.688. The van der Waals surface area contributed by atoms with E-state index in [1.54, 1.807) is 0 Å². The van der Waals surface area contributed by atoms with Gasteiger partial charge in [0.05, 0.1) is 0 Å². The Labute approximate surface area is 116 Å². The van der Waals surface area contributed by atoms with Gasteiger partial charge in [0, 0.05) is 44.1 Å². The Balaban J connectivity index is 1.69. The summed E-state index contributed by atoms with van der Waals surface area (Å²) in [5, 5.41) is 0. The summed E-state index contributed by atoms with van der Waals surface area (Å²) in [4.78, 5) is 9.64. The molecule has 1 aromatic rings. The Kier molecular flexibility index (Phi) is 3.85. The zero-order chi connectivity index (χ0) is 13.2. The van der Waals surface area contributed by atoms with Gasteiger partial charge < -0.3 is 0 Å². The van der Waals surface area contributed by atoms with Crippen LogP contribution < -0.4 is 0 Å². The van der Waals surface area contributed by atoms with Crippen molar-refractivity contribution >= 4 is 0 Å². The number of aryl methyl sites for hydroxylation is 1. The number of rotatable bonds is 2. The summed E-state index contributed by atoms with van der Waals surface area (Å²) in [6.45, 7) is 9.41. The van der Waals surface area contributed by atoms with Crippen molar-refractivity contribution < 1.29 is 0 Å². The molecular weight excluding hydrogens is 234 g/mol. The Hall–Kier alpha value is -0.930. The van der Waals surface area contributed by atoms with Crippen LogP contribution in [0.4, 0.5) is 0 Å². The van der Waals surface area contributed by atoms with Crippen molar-refractivity contribution in [1.29, 1.82) is 0 Å². The first-order chi connectivity index (χ1) is 9.24. The maximum Gasteiger partial charge on any atom is 0.0315 e. The van der Waals surface area contributed by atoms with E-state index in [4.69, 9.17) is 0 Å². The Bertz CT molecular complexity index is 432. The summed E-state index contributed by atoms with van der Waals surface area (Å²) in [5.41, 5.74) is 2.76. The van der Waals surface area contributed by atoms with Crippen LogP contribution in [0.25, 0.3) is 0 Å². The third kappa shape index (κ3) is 2.82. The van der Waals surface area contributed by atoms with Crippen molar-refractivity contribution in [3.8, 4) is 0 Å². The molecule has 2 atom stereocenters. The molecule has 0 aromatic carbocycles. The molecule has 2 aliphatic heterocycles. The molecule has 0 radical (unpaired) electrons. The number of piperidine rings is 1. The SMILES string of the molecule is Cc1ccncc1CN1CC2CCCCN2CC1C. The predicted octanol–water partition coefficient (Wildman–Crippen LogP) is 2.45. The minimum atomic E-state index is 0.661. The van der Waals surface area contributed by atoms with E-state index >= 15 is 0 Å². The van der Waals surface area contributed by atoms with Gasteiger partial charge >= 0.3 is 0 Å². The quantitative estimate of drug-likeness (QED) is 0.813. The van der Waals surface area contributed by atoms with Crippen molar-refractivity contribution in [3.63, 3.8) is 0 Å². The summed E-state index contributed by atoms with van der Waals surface area (Å²) >= 11 is 0. The highest BCUT2D eigenvalue weighted by Gasteiger charge is 2.32. The van der Waals surface area contributed by atoms with Crippen LogP contribution >= 0.6 is 0 Å². The molecule has 104 valence electrons. The van der Waals surface area contributed by atoms with Crippen molar-refractivity contribution in [2.75, 3.05) is 19.6 Å². The highest BCUT2D eigenvalue weighted by molar-refractivity contribution is 5.21. The first kappa shape index (κ1) is 13.1. The monoisotopic (exact) mass is 259 g/mol. The van der Waals surface area contributed by atoms with Crippen LogP contribution in [-0.2, 0) is 6.54 Å². The molecule has 3 nitrogen and oxygen atoms in total. The summed E-state index contributed by atoms with van der Waals surface area (Å²) in [7, 11) is 0. The Morgan fingerprint density at radius 1 is 1.32 bits per heavy atom. The van der Waals surface area contributed by atoms with Gasteiger partial charge in [0.1, 0.15) is 0 Å². The molecule has 0 saturated carbocycles. The number of fused-ring (bicyclic) bond motifs is 1. The molecule has 0 aliphatic carbocycles. The van der Waals surface area contributed by atoms with Gasteiger partial charge in [0.25, 0.3) is 0 Å². The molecule has 2 aliphatic rings. The maximum absolute atomic E-state index is 4.28. The minimum absolute atomic E-state index is 0.661. The fourth-order valence-electron chi connectivity index (χ4n) is 3.51. The zero-order valence-electron chi connectivity index (χ0n) is 12.2. The van der Waals surface area contributed by atoms with E-state index in [0.29, 0.717) is 6.04 Å². The zero-order valence-corrected chi connectivity index (χ0v) is 12.2. The first-order valence-electron chi connectivity index (χ1n) is 7.61. The van der Waals surface area contributed by atoms with Crippen LogP contribution in [0, 0.1) is 6.92 Å². The second kappa shape index (κ2) is 5.59. The van der Waals surface area contributed by atoms with E-state index in [1.165, 1.54) is 50.0 Å². The molecule has 0 amide bonds. The number of pyridine rings is 1. The number of nitrogens with zero attached hydrogens (tertiary/aromatic N) is 3. The van der Waals surface area contributed by atoms with Gasteiger partial charge in [-0.3, -0.25) is 14.8 Å². The summed E-state index contributed by atoms with van der Waals surface area (Å²) in [5.74, 6) is 0. The third-order valence-electron chi connectivity index (χ3n) is 4.84. The lowest BCUT2D eigenvalue weighted by Gasteiger charge is -2.47. The number of piperazine rings is 1. The van der Waals surface area contributed by atoms with Gasteiger partial charge in [-0.05, 0) is 50.4 Å². The van der Waals surface area contributed by atoms with Crippen LogP contribution in [0.15, 0.2) is 18.5 Å². The van der Waals surface area contributed by atoms with Crippen LogP contribution in [0.3, 0.4) is 0 Å². The summed E-state index contributed by atoms with van der Waals surface area (Å²) in [6, 6.07) is 3.58. The van der Waals surface area contributed by atoms with Crippen LogP contribution in [0.5, 0.6) is 0 Å². The highest BCUT2D eigenvalue weighted by Crippen LogP contribution is 2.25. The molecule has 3 rings (SSSR count). The molecule has 3 heteroatoms. The molecule has 0 bridgehead atoms. The van der Waals surface area contributed by atoms with Crippen LogP contribution in [0.2, 0.25) is 0 Å². The van der Waals surface area contributed by atoms with Crippen LogP contribution in [-0.4, -0.2) is 46.5 Å². The summed E-state index contributed by atoms with van der Waals surface area (Å²) < 4.78 is 0. The normalized spacial score (nSPS) is 29.2. The smallest absolute Gasteiger partial charge is 0.0315 e. The second-order valence-electron chi connectivity index (χ2n) is 6.23. The van der Waals surface area contributed by atoms with E-state index in [0.717, 1.165) is 12.6 Å². The molecule has 0 spiro atoms. The topological polar surface area (TPSA) is 19.4 Å². The van der Waals surface area contributed by atoms with Crippen molar-refractivity contribution in [1.82, 2.24) is 14.8 Å². The lowest BCUT2D eigenvalue weighted by molar-refractivity contribution is 0.0109. The lowest BCUT2D eigenvalue weighted by atomic mass is 9.96. The largest absolute Gasteiger partial charge is 0.298 e. The van der Waals surface area contributed by atoms with Gasteiger partial charge in [-0.1, -0.05) is 6.42 Å². The lowest BCUT2D eigenvalue weighted by Crippen LogP contribution is -2.58.